The predicted octanol–water partition coefficient (Wildman–Crippen LogP) is 2.15. The number of unbranched alkanes of at least 4 members (excludes halogenated alkanes) is 1. The number of rotatable bonds is 4. The van der Waals surface area contributed by atoms with Crippen LogP contribution in [0.3, 0.4) is 0 Å². The van der Waals surface area contributed by atoms with Crippen LogP contribution in [-0.4, -0.2) is 18.0 Å². The van der Waals surface area contributed by atoms with Gasteiger partial charge in [0, 0.05) is 6.54 Å². The molecule has 0 saturated carbocycles. The average molecular weight is 285 g/mol. The number of sulfonamides is 1. The summed E-state index contributed by atoms with van der Waals surface area (Å²) in [7, 11) is -3.68. The Morgan fingerprint density at radius 2 is 2.17 bits per heavy atom. The van der Waals surface area contributed by atoms with Gasteiger partial charge in [0.2, 0.25) is 10.0 Å². The zero-order valence-electron chi connectivity index (χ0n) is 10.0. The number of primary sulfonamides is 1. The van der Waals surface area contributed by atoms with Gasteiger partial charge in [-0.2, -0.15) is 0 Å². The Bertz CT molecular complexity index is 728. The summed E-state index contributed by atoms with van der Waals surface area (Å²) in [6, 6.07) is 4.73. The van der Waals surface area contributed by atoms with Crippen LogP contribution in [0, 0.1) is 4.77 Å². The molecule has 0 radical (unpaired) electrons. The second-order valence-electron chi connectivity index (χ2n) is 4.16. The molecule has 0 bridgehead atoms. The van der Waals surface area contributed by atoms with Crippen molar-refractivity contribution in [1.29, 1.82) is 0 Å². The molecule has 2 rings (SSSR count). The number of aryl methyl sites for hydroxylation is 1. The molecule has 98 valence electrons. The highest BCUT2D eigenvalue weighted by molar-refractivity contribution is 7.89. The second-order valence-corrected chi connectivity index (χ2v) is 6.11. The van der Waals surface area contributed by atoms with E-state index in [1.54, 1.807) is 12.1 Å². The third-order valence-electron chi connectivity index (χ3n) is 2.81. The van der Waals surface area contributed by atoms with Gasteiger partial charge >= 0.3 is 0 Å². The molecule has 3 N–H and O–H groups in total. The number of hydrogen-bond donors (Lipinski definition) is 2. The van der Waals surface area contributed by atoms with Crippen molar-refractivity contribution in [3.63, 3.8) is 0 Å². The molecule has 0 aliphatic rings. The summed E-state index contributed by atoms with van der Waals surface area (Å²) >= 11 is 5.23. The van der Waals surface area contributed by atoms with E-state index in [-0.39, 0.29) is 4.90 Å². The lowest BCUT2D eigenvalue weighted by atomic mass is 10.3. The summed E-state index contributed by atoms with van der Waals surface area (Å²) in [6.45, 7) is 2.86. The minimum absolute atomic E-state index is 0.106. The molecule has 0 spiro atoms. The van der Waals surface area contributed by atoms with Crippen molar-refractivity contribution in [2.75, 3.05) is 0 Å². The first-order chi connectivity index (χ1) is 8.43. The Balaban J connectivity index is 2.63. The van der Waals surface area contributed by atoms with E-state index in [0.29, 0.717) is 4.77 Å². The van der Waals surface area contributed by atoms with E-state index >= 15 is 0 Å². The summed E-state index contributed by atoms with van der Waals surface area (Å²) < 4.78 is 25.2. The van der Waals surface area contributed by atoms with E-state index in [9.17, 15) is 8.42 Å². The number of benzene rings is 1. The highest BCUT2D eigenvalue weighted by Crippen LogP contribution is 2.19. The number of nitrogens with zero attached hydrogens (tertiary/aromatic N) is 1. The number of imidazole rings is 1. The molecule has 0 fully saturated rings. The lowest BCUT2D eigenvalue weighted by molar-refractivity contribution is 0.597. The van der Waals surface area contributed by atoms with Gasteiger partial charge in [0.1, 0.15) is 0 Å². The van der Waals surface area contributed by atoms with Crippen molar-refractivity contribution in [1.82, 2.24) is 9.55 Å². The number of nitrogens with one attached hydrogen (secondary N) is 1. The number of H-pyrrole nitrogens is 1. The molecule has 5 nitrogen and oxygen atoms in total. The van der Waals surface area contributed by atoms with Gasteiger partial charge in [-0.1, -0.05) is 13.3 Å². The maximum absolute atomic E-state index is 11.3. The molecule has 0 amide bonds. The van der Waals surface area contributed by atoms with E-state index < -0.39 is 10.0 Å². The molecule has 1 aromatic carbocycles. The molecule has 1 heterocycles. The van der Waals surface area contributed by atoms with E-state index in [1.807, 2.05) is 4.57 Å². The summed E-state index contributed by atoms with van der Waals surface area (Å²) in [5, 5.41) is 5.13. The van der Waals surface area contributed by atoms with Crippen LogP contribution in [0.4, 0.5) is 0 Å². The molecule has 0 atom stereocenters. The first-order valence-electron chi connectivity index (χ1n) is 5.69. The van der Waals surface area contributed by atoms with E-state index in [4.69, 9.17) is 17.4 Å². The smallest absolute Gasteiger partial charge is 0.238 e. The summed E-state index contributed by atoms with van der Waals surface area (Å²) in [5.41, 5.74) is 1.60. The van der Waals surface area contributed by atoms with Gasteiger partial charge in [-0.15, -0.1) is 0 Å². The number of aromatic nitrogens is 2. The molecule has 0 aliphatic heterocycles. The highest BCUT2D eigenvalue weighted by Gasteiger charge is 2.11. The third kappa shape index (κ3) is 2.47. The van der Waals surface area contributed by atoms with Gasteiger partial charge in [0.25, 0.3) is 0 Å². The van der Waals surface area contributed by atoms with Crippen molar-refractivity contribution in [3.8, 4) is 0 Å². The first kappa shape index (κ1) is 13.3. The van der Waals surface area contributed by atoms with Gasteiger partial charge in [0.15, 0.2) is 4.77 Å². The van der Waals surface area contributed by atoms with Crippen molar-refractivity contribution in [2.45, 2.75) is 31.2 Å². The summed E-state index contributed by atoms with van der Waals surface area (Å²) in [6.07, 6.45) is 2.03. The van der Waals surface area contributed by atoms with Gasteiger partial charge in [-0.05, 0) is 36.8 Å². The topological polar surface area (TPSA) is 80.9 Å². The van der Waals surface area contributed by atoms with Gasteiger partial charge in [-0.3, -0.25) is 0 Å². The van der Waals surface area contributed by atoms with Gasteiger partial charge < -0.3 is 9.55 Å². The standard InChI is InChI=1S/C11H15N3O2S2/c1-2-3-6-14-10-7-8(18(12,15)16)4-5-9(10)13-11(14)17/h4-5,7H,2-3,6H2,1H3,(H,13,17)(H2,12,15,16). The zero-order chi connectivity index (χ0) is 13.3. The van der Waals surface area contributed by atoms with Crippen molar-refractivity contribution in [2.24, 2.45) is 5.14 Å². The molecule has 2 aromatic rings. The molecular formula is C11H15N3O2S2. The Kier molecular flexibility index (Phi) is 3.56. The minimum Gasteiger partial charge on any atom is -0.331 e. The fourth-order valence-corrected chi connectivity index (χ4v) is 2.68. The molecule has 0 saturated heterocycles. The highest BCUT2D eigenvalue weighted by atomic mass is 32.2. The lowest BCUT2D eigenvalue weighted by Gasteiger charge is -2.04. The molecule has 1 aromatic heterocycles. The van der Waals surface area contributed by atoms with E-state index in [2.05, 4.69) is 11.9 Å². The summed E-state index contributed by atoms with van der Waals surface area (Å²) in [4.78, 5) is 3.16. The SMILES string of the molecule is CCCCn1c(=S)[nH]c2ccc(S(N)(=O)=O)cc21. The first-order valence-corrected chi connectivity index (χ1v) is 7.64. The van der Waals surface area contributed by atoms with Crippen LogP contribution in [0.5, 0.6) is 0 Å². The maximum Gasteiger partial charge on any atom is 0.238 e. The van der Waals surface area contributed by atoms with Gasteiger partial charge in [-0.25, -0.2) is 13.6 Å². The van der Waals surface area contributed by atoms with Crippen LogP contribution in [0.15, 0.2) is 23.1 Å². The Morgan fingerprint density at radius 3 is 2.78 bits per heavy atom. The quantitative estimate of drug-likeness (QED) is 0.845. The number of hydrogen-bond acceptors (Lipinski definition) is 3. The van der Waals surface area contributed by atoms with Crippen LogP contribution >= 0.6 is 12.2 Å². The van der Waals surface area contributed by atoms with Crippen LogP contribution in [0.1, 0.15) is 19.8 Å². The largest absolute Gasteiger partial charge is 0.331 e. The van der Waals surface area contributed by atoms with Crippen LogP contribution in [-0.2, 0) is 16.6 Å². The van der Waals surface area contributed by atoms with Crippen LogP contribution in [0.25, 0.3) is 11.0 Å². The van der Waals surface area contributed by atoms with E-state index in [1.165, 1.54) is 6.07 Å². The van der Waals surface area contributed by atoms with Crippen LogP contribution < -0.4 is 5.14 Å². The van der Waals surface area contributed by atoms with Gasteiger partial charge in [0.05, 0.1) is 15.9 Å². The lowest BCUT2D eigenvalue weighted by Crippen LogP contribution is -2.12. The normalized spacial score (nSPS) is 12.1. The molecule has 7 heteroatoms. The zero-order valence-corrected chi connectivity index (χ0v) is 11.6. The fraction of sp³-hybridized carbons (Fsp3) is 0.364. The third-order valence-corrected chi connectivity index (χ3v) is 4.04. The number of fused-ring (bicyclic) bond motifs is 1. The van der Waals surface area contributed by atoms with Crippen LogP contribution in [0.2, 0.25) is 0 Å². The number of aromatic amines is 1. The predicted molar refractivity (Wildman–Crippen MR) is 73.4 cm³/mol. The molecule has 18 heavy (non-hydrogen) atoms. The molecule has 0 aliphatic carbocycles. The second kappa shape index (κ2) is 4.83. The Labute approximate surface area is 111 Å². The van der Waals surface area contributed by atoms with Crippen molar-refractivity contribution >= 4 is 33.3 Å². The Morgan fingerprint density at radius 1 is 1.44 bits per heavy atom. The molecular weight excluding hydrogens is 270 g/mol. The maximum atomic E-state index is 11.3. The molecule has 0 unspecified atom stereocenters. The summed E-state index contributed by atoms with van der Waals surface area (Å²) in [5.74, 6) is 0. The Hall–Kier alpha value is -1.18. The van der Waals surface area contributed by atoms with E-state index in [0.717, 1.165) is 30.4 Å². The van der Waals surface area contributed by atoms with Crippen molar-refractivity contribution in [3.05, 3.63) is 23.0 Å². The number of nitrogens with two attached hydrogens (primary N) is 1. The fourth-order valence-electron chi connectivity index (χ4n) is 1.85. The minimum atomic E-state index is -3.68. The van der Waals surface area contributed by atoms with Crippen molar-refractivity contribution < 1.29 is 8.42 Å². The average Bonchev–Trinajstić information content (AvgIpc) is 2.60. The monoisotopic (exact) mass is 285 g/mol.